The van der Waals surface area contributed by atoms with E-state index in [9.17, 15) is 5.11 Å². The van der Waals surface area contributed by atoms with Crippen molar-refractivity contribution in [3.05, 3.63) is 0 Å². The summed E-state index contributed by atoms with van der Waals surface area (Å²) in [5.41, 5.74) is 0. The normalized spacial score (nSPS) is 44.8. The van der Waals surface area contributed by atoms with E-state index in [1.54, 1.807) is 0 Å². The molecule has 1 N–H and O–H groups in total. The molecule has 0 aromatic heterocycles. The van der Waals surface area contributed by atoms with Crippen molar-refractivity contribution >= 4 is 11.8 Å². The molecule has 5 unspecified atom stereocenters. The Hall–Kier alpha value is 0.270. The van der Waals surface area contributed by atoms with Crippen molar-refractivity contribution in [1.29, 1.82) is 0 Å². The van der Waals surface area contributed by atoms with Gasteiger partial charge in [-0.2, -0.15) is 11.8 Å². The van der Waals surface area contributed by atoms with E-state index >= 15 is 0 Å². The summed E-state index contributed by atoms with van der Waals surface area (Å²) in [6, 6.07) is 0.665. The van der Waals surface area contributed by atoms with Gasteiger partial charge in [0.1, 0.15) is 0 Å². The molecule has 2 fully saturated rings. The molecule has 0 amide bonds. The van der Waals surface area contributed by atoms with Gasteiger partial charge in [-0.1, -0.05) is 13.8 Å². The van der Waals surface area contributed by atoms with Gasteiger partial charge in [0.25, 0.3) is 0 Å². The number of nitrogens with zero attached hydrogens (tertiary/aromatic N) is 1. The van der Waals surface area contributed by atoms with Crippen LogP contribution < -0.4 is 0 Å². The van der Waals surface area contributed by atoms with Gasteiger partial charge >= 0.3 is 0 Å². The van der Waals surface area contributed by atoms with Gasteiger partial charge in [0.05, 0.1) is 6.10 Å². The zero-order chi connectivity index (χ0) is 12.4. The van der Waals surface area contributed by atoms with Crippen LogP contribution in [0.3, 0.4) is 0 Å². The van der Waals surface area contributed by atoms with E-state index in [-0.39, 0.29) is 6.10 Å². The maximum atomic E-state index is 10.1. The van der Waals surface area contributed by atoms with Gasteiger partial charge in [-0.05, 0) is 38.0 Å². The highest BCUT2D eigenvalue weighted by atomic mass is 32.2. The van der Waals surface area contributed by atoms with Gasteiger partial charge in [-0.25, -0.2) is 0 Å². The summed E-state index contributed by atoms with van der Waals surface area (Å²) in [5, 5.41) is 10.9. The van der Waals surface area contributed by atoms with Gasteiger partial charge in [0.2, 0.25) is 0 Å². The summed E-state index contributed by atoms with van der Waals surface area (Å²) in [7, 11) is 0. The molecular formula is C14H27NOS. The molecule has 0 aromatic carbocycles. The van der Waals surface area contributed by atoms with Gasteiger partial charge in [-0.15, -0.1) is 0 Å². The minimum absolute atomic E-state index is 0.0525. The summed E-state index contributed by atoms with van der Waals surface area (Å²) in [5.74, 6) is 2.57. The zero-order valence-electron chi connectivity index (χ0n) is 11.4. The number of hydrogen-bond donors (Lipinski definition) is 1. The lowest BCUT2D eigenvalue weighted by atomic mass is 9.80. The highest BCUT2D eigenvalue weighted by Crippen LogP contribution is 2.32. The molecule has 0 radical (unpaired) electrons. The second kappa shape index (κ2) is 5.94. The average molecular weight is 257 g/mol. The second-order valence-corrected chi connectivity index (χ2v) is 7.54. The van der Waals surface area contributed by atoms with E-state index in [1.165, 1.54) is 25.1 Å². The van der Waals surface area contributed by atoms with Crippen LogP contribution in [0, 0.1) is 11.8 Å². The lowest BCUT2D eigenvalue weighted by Crippen LogP contribution is -2.49. The predicted molar refractivity (Wildman–Crippen MR) is 75.5 cm³/mol. The third-order valence-corrected chi connectivity index (χ3v) is 6.03. The zero-order valence-corrected chi connectivity index (χ0v) is 12.2. The summed E-state index contributed by atoms with van der Waals surface area (Å²) >= 11 is 2.09. The molecule has 0 spiro atoms. The first kappa shape index (κ1) is 13.7. The molecule has 1 aliphatic carbocycles. The second-order valence-electron chi connectivity index (χ2n) is 6.06. The largest absolute Gasteiger partial charge is 0.393 e. The Labute approximate surface area is 110 Å². The van der Waals surface area contributed by atoms with Gasteiger partial charge in [0, 0.05) is 30.1 Å². The molecule has 2 nitrogen and oxygen atoms in total. The monoisotopic (exact) mass is 257 g/mol. The lowest BCUT2D eigenvalue weighted by Gasteiger charge is -2.42. The van der Waals surface area contributed by atoms with Crippen molar-refractivity contribution in [3.63, 3.8) is 0 Å². The fourth-order valence-corrected chi connectivity index (χ4v) is 4.40. The van der Waals surface area contributed by atoms with Crippen molar-refractivity contribution < 1.29 is 5.11 Å². The number of aliphatic hydroxyl groups excluding tert-OH is 1. The molecule has 100 valence electrons. The molecule has 3 heteroatoms. The van der Waals surface area contributed by atoms with Crippen molar-refractivity contribution in [2.24, 2.45) is 11.8 Å². The molecule has 17 heavy (non-hydrogen) atoms. The summed E-state index contributed by atoms with van der Waals surface area (Å²) in [4.78, 5) is 2.60. The minimum Gasteiger partial charge on any atom is -0.393 e. The van der Waals surface area contributed by atoms with Crippen molar-refractivity contribution in [3.8, 4) is 0 Å². The fourth-order valence-electron chi connectivity index (χ4n) is 3.23. The standard InChI is InChI=1S/C14H27NOS/c1-10-4-5-14(16)13(8-10)9-15-6-7-17-12(3)11(15)2/h10-14,16H,4-9H2,1-3H3. The van der Waals surface area contributed by atoms with Crippen LogP contribution in [0.5, 0.6) is 0 Å². The smallest absolute Gasteiger partial charge is 0.0580 e. The summed E-state index contributed by atoms with van der Waals surface area (Å²) in [6.07, 6.45) is 3.38. The van der Waals surface area contributed by atoms with Crippen LogP contribution in [-0.2, 0) is 0 Å². The molecule has 5 atom stereocenters. The van der Waals surface area contributed by atoms with Crippen molar-refractivity contribution in [2.75, 3.05) is 18.8 Å². The number of hydrogen-bond acceptors (Lipinski definition) is 3. The summed E-state index contributed by atoms with van der Waals surface area (Å²) < 4.78 is 0. The van der Waals surface area contributed by atoms with Crippen LogP contribution >= 0.6 is 11.8 Å². The lowest BCUT2D eigenvalue weighted by molar-refractivity contribution is 0.0238. The SMILES string of the molecule is CC1CCC(O)C(CN2CCSC(C)C2C)C1. The predicted octanol–water partition coefficient (Wildman–Crippen LogP) is 2.61. The van der Waals surface area contributed by atoms with Crippen LogP contribution in [0.25, 0.3) is 0 Å². The quantitative estimate of drug-likeness (QED) is 0.822. The Bertz CT molecular complexity index is 248. The molecule has 1 saturated heterocycles. The maximum Gasteiger partial charge on any atom is 0.0580 e. The average Bonchev–Trinajstić information content (AvgIpc) is 2.30. The highest BCUT2D eigenvalue weighted by Gasteiger charge is 2.32. The van der Waals surface area contributed by atoms with Crippen LogP contribution in [0.2, 0.25) is 0 Å². The van der Waals surface area contributed by atoms with E-state index in [2.05, 4.69) is 37.4 Å². The Morgan fingerprint density at radius 3 is 2.76 bits per heavy atom. The van der Waals surface area contributed by atoms with E-state index in [0.29, 0.717) is 12.0 Å². The van der Waals surface area contributed by atoms with Gasteiger partial charge in [-0.3, -0.25) is 4.90 Å². The Balaban J connectivity index is 1.90. The first-order valence-corrected chi connectivity index (χ1v) is 8.16. The Morgan fingerprint density at radius 1 is 1.24 bits per heavy atom. The number of thioether (sulfide) groups is 1. The number of rotatable bonds is 2. The molecule has 2 rings (SSSR count). The van der Waals surface area contributed by atoms with E-state index in [4.69, 9.17) is 0 Å². The Kier molecular flexibility index (Phi) is 4.79. The van der Waals surface area contributed by atoms with Gasteiger partial charge in [0.15, 0.2) is 0 Å². The molecule has 0 bridgehead atoms. The molecule has 0 aromatic rings. The van der Waals surface area contributed by atoms with Gasteiger partial charge < -0.3 is 5.11 Å². The molecule has 2 aliphatic rings. The van der Waals surface area contributed by atoms with Crippen LogP contribution in [0.15, 0.2) is 0 Å². The molecule has 1 saturated carbocycles. The van der Waals surface area contributed by atoms with Crippen LogP contribution in [0.4, 0.5) is 0 Å². The minimum atomic E-state index is -0.0525. The van der Waals surface area contributed by atoms with Crippen molar-refractivity contribution in [2.45, 2.75) is 57.4 Å². The third-order valence-electron chi connectivity index (χ3n) is 4.69. The van der Waals surface area contributed by atoms with E-state index in [1.807, 2.05) is 0 Å². The molecule has 1 aliphatic heterocycles. The number of aliphatic hydroxyl groups is 1. The van der Waals surface area contributed by atoms with Crippen molar-refractivity contribution in [1.82, 2.24) is 4.90 Å². The van der Waals surface area contributed by atoms with Crippen LogP contribution in [-0.4, -0.2) is 46.2 Å². The van der Waals surface area contributed by atoms with E-state index < -0.39 is 0 Å². The topological polar surface area (TPSA) is 23.5 Å². The third kappa shape index (κ3) is 3.39. The first-order chi connectivity index (χ1) is 8.08. The maximum absolute atomic E-state index is 10.1. The van der Waals surface area contributed by atoms with Crippen LogP contribution in [0.1, 0.15) is 40.0 Å². The van der Waals surface area contributed by atoms with E-state index in [0.717, 1.165) is 24.1 Å². The summed E-state index contributed by atoms with van der Waals surface area (Å²) in [6.45, 7) is 9.32. The Morgan fingerprint density at radius 2 is 2.00 bits per heavy atom. The first-order valence-electron chi connectivity index (χ1n) is 7.11. The fraction of sp³-hybridized carbons (Fsp3) is 1.00. The highest BCUT2D eigenvalue weighted by molar-refractivity contribution is 8.00. The molecular weight excluding hydrogens is 230 g/mol. The molecule has 1 heterocycles.